The summed E-state index contributed by atoms with van der Waals surface area (Å²) in [6.07, 6.45) is 8.43. The summed E-state index contributed by atoms with van der Waals surface area (Å²) in [7, 11) is 1.63. The molecule has 34 heavy (non-hydrogen) atoms. The summed E-state index contributed by atoms with van der Waals surface area (Å²) in [5.74, 6) is 0.225. The lowest BCUT2D eigenvalue weighted by molar-refractivity contribution is 0.184. The predicted molar refractivity (Wildman–Crippen MR) is 127 cm³/mol. The first-order valence-corrected chi connectivity index (χ1v) is 11.2. The lowest BCUT2D eigenvalue weighted by atomic mass is 9.96. The molecule has 170 valence electrons. The summed E-state index contributed by atoms with van der Waals surface area (Å²) in [5, 5.41) is 24.9. The molecule has 4 heterocycles. The Kier molecular flexibility index (Phi) is 5.94. The summed E-state index contributed by atoms with van der Waals surface area (Å²) in [4.78, 5) is 14.1. The number of H-pyrrole nitrogens is 1. The van der Waals surface area contributed by atoms with Crippen molar-refractivity contribution in [3.05, 3.63) is 60.3 Å². The zero-order valence-corrected chi connectivity index (χ0v) is 18.8. The minimum absolute atomic E-state index is 0.0694. The van der Waals surface area contributed by atoms with E-state index in [1.165, 1.54) is 6.33 Å². The van der Waals surface area contributed by atoms with Crippen molar-refractivity contribution in [2.75, 3.05) is 25.1 Å². The zero-order valence-electron chi connectivity index (χ0n) is 18.8. The van der Waals surface area contributed by atoms with Crippen LogP contribution in [-0.4, -0.2) is 44.9 Å². The number of rotatable bonds is 7. The molecule has 0 bridgehead atoms. The number of nitrogens with one attached hydrogen (secondary N) is 1. The average molecular weight is 453 g/mol. The van der Waals surface area contributed by atoms with Crippen LogP contribution >= 0.6 is 0 Å². The van der Waals surface area contributed by atoms with Crippen molar-refractivity contribution in [2.24, 2.45) is 5.92 Å². The Bertz CT molecular complexity index is 1390. The van der Waals surface area contributed by atoms with Gasteiger partial charge in [-0.05, 0) is 24.1 Å². The van der Waals surface area contributed by atoms with Gasteiger partial charge in [0.1, 0.15) is 18.0 Å². The quantitative estimate of drug-likeness (QED) is 0.453. The molecular formula is C25H24N8O. The van der Waals surface area contributed by atoms with Crippen LogP contribution < -0.4 is 4.90 Å². The van der Waals surface area contributed by atoms with Crippen molar-refractivity contribution in [2.45, 2.75) is 25.5 Å². The number of anilines is 1. The summed E-state index contributed by atoms with van der Waals surface area (Å²) in [5.41, 5.74) is 4.95. The summed E-state index contributed by atoms with van der Waals surface area (Å²) in [6.45, 7) is 1.97. The van der Waals surface area contributed by atoms with Gasteiger partial charge in [0, 0.05) is 49.5 Å². The zero-order chi connectivity index (χ0) is 23.5. The Morgan fingerprint density at radius 3 is 3.00 bits per heavy atom. The summed E-state index contributed by atoms with van der Waals surface area (Å²) >= 11 is 0. The molecule has 2 atom stereocenters. The molecule has 4 aromatic rings. The number of hydrogen-bond donors (Lipinski definition) is 1. The van der Waals surface area contributed by atoms with Gasteiger partial charge in [-0.1, -0.05) is 12.1 Å². The number of nitriles is 2. The van der Waals surface area contributed by atoms with Crippen molar-refractivity contribution in [1.82, 2.24) is 24.7 Å². The molecule has 1 aromatic carbocycles. The highest BCUT2D eigenvalue weighted by Gasteiger charge is 2.32. The van der Waals surface area contributed by atoms with Crippen LogP contribution in [0.4, 0.5) is 5.69 Å². The van der Waals surface area contributed by atoms with E-state index in [9.17, 15) is 10.5 Å². The molecule has 1 aliphatic heterocycles. The third-order valence-corrected chi connectivity index (χ3v) is 6.52. The molecule has 9 nitrogen and oxygen atoms in total. The number of aromatic nitrogens is 5. The van der Waals surface area contributed by atoms with Crippen LogP contribution in [0, 0.1) is 28.6 Å². The van der Waals surface area contributed by atoms with Gasteiger partial charge >= 0.3 is 0 Å². The predicted octanol–water partition coefficient (Wildman–Crippen LogP) is 3.82. The first-order valence-electron chi connectivity index (χ1n) is 11.2. The van der Waals surface area contributed by atoms with Crippen LogP contribution in [0.25, 0.3) is 22.3 Å². The standard InChI is InChI=1S/C25H24N8O/c1-34-15-18-3-2-4-23(21(18)11-27)32-10-7-17(13-32)22(5-8-26)33-14-19(12-31-33)24-20-6-9-28-25(20)30-16-29-24/h2-4,6,9,12,14,16-17,22H,5,7,10,13,15H2,1H3,(H,28,29,30). The van der Waals surface area contributed by atoms with E-state index in [1.807, 2.05) is 41.3 Å². The average Bonchev–Trinajstić information content (AvgIpc) is 3.63. The van der Waals surface area contributed by atoms with Crippen molar-refractivity contribution < 1.29 is 4.74 Å². The van der Waals surface area contributed by atoms with Crippen LogP contribution in [0.15, 0.2) is 49.2 Å². The molecule has 0 aliphatic carbocycles. The van der Waals surface area contributed by atoms with Gasteiger partial charge in [0.15, 0.2) is 0 Å². The Morgan fingerprint density at radius 1 is 1.26 bits per heavy atom. The maximum atomic E-state index is 9.79. The third kappa shape index (κ3) is 3.87. The molecule has 2 unspecified atom stereocenters. The second-order valence-electron chi connectivity index (χ2n) is 8.45. The Hall–Kier alpha value is -4.21. The molecular weight excluding hydrogens is 428 g/mol. The van der Waals surface area contributed by atoms with Crippen LogP contribution in [0.5, 0.6) is 0 Å². The molecule has 3 aromatic heterocycles. The van der Waals surface area contributed by atoms with Gasteiger partial charge in [0.05, 0.1) is 48.3 Å². The van der Waals surface area contributed by atoms with Crippen LogP contribution in [-0.2, 0) is 11.3 Å². The lowest BCUT2D eigenvalue weighted by Crippen LogP contribution is -2.25. The Labute approximate surface area is 197 Å². The van der Waals surface area contributed by atoms with Crippen LogP contribution in [0.1, 0.15) is 30.0 Å². The molecule has 0 spiro atoms. The van der Waals surface area contributed by atoms with Gasteiger partial charge in [-0.2, -0.15) is 15.6 Å². The number of fused-ring (bicyclic) bond motifs is 1. The molecule has 0 saturated carbocycles. The van der Waals surface area contributed by atoms with E-state index in [-0.39, 0.29) is 12.0 Å². The minimum atomic E-state index is -0.0694. The van der Waals surface area contributed by atoms with E-state index in [0.717, 1.165) is 53.1 Å². The fourth-order valence-electron chi connectivity index (χ4n) is 4.89. The molecule has 9 heteroatoms. The highest BCUT2D eigenvalue weighted by atomic mass is 16.5. The van der Waals surface area contributed by atoms with Gasteiger partial charge < -0.3 is 14.6 Å². The molecule has 0 amide bonds. The number of hydrogen-bond acceptors (Lipinski definition) is 7. The molecule has 1 aliphatic rings. The number of nitrogens with zero attached hydrogens (tertiary/aromatic N) is 7. The highest BCUT2D eigenvalue weighted by Crippen LogP contribution is 2.36. The molecule has 1 fully saturated rings. The van der Waals surface area contributed by atoms with E-state index in [2.05, 4.69) is 37.1 Å². The second-order valence-corrected chi connectivity index (χ2v) is 8.45. The van der Waals surface area contributed by atoms with E-state index in [4.69, 9.17) is 4.74 Å². The third-order valence-electron chi connectivity index (χ3n) is 6.52. The van der Waals surface area contributed by atoms with Gasteiger partial charge in [-0.3, -0.25) is 4.68 Å². The highest BCUT2D eigenvalue weighted by molar-refractivity contribution is 5.89. The fraction of sp³-hybridized carbons (Fsp3) is 0.320. The summed E-state index contributed by atoms with van der Waals surface area (Å²) < 4.78 is 7.17. The first kappa shape index (κ1) is 21.6. The maximum absolute atomic E-state index is 9.79. The summed E-state index contributed by atoms with van der Waals surface area (Å²) in [6, 6.07) is 12.5. The normalized spacial score (nSPS) is 16.4. The number of benzene rings is 1. The maximum Gasteiger partial charge on any atom is 0.141 e. The Balaban J connectivity index is 1.41. The van der Waals surface area contributed by atoms with Gasteiger partial charge in [0.2, 0.25) is 0 Å². The largest absolute Gasteiger partial charge is 0.380 e. The van der Waals surface area contributed by atoms with Gasteiger partial charge in [0.25, 0.3) is 0 Å². The first-order chi connectivity index (χ1) is 16.7. The number of aromatic amines is 1. The molecule has 1 N–H and O–H groups in total. The van der Waals surface area contributed by atoms with Gasteiger partial charge in [-0.25, -0.2) is 9.97 Å². The minimum Gasteiger partial charge on any atom is -0.380 e. The molecule has 0 radical (unpaired) electrons. The molecule has 1 saturated heterocycles. The molecule has 5 rings (SSSR count). The number of methoxy groups -OCH3 is 1. The second kappa shape index (κ2) is 9.34. The Morgan fingerprint density at radius 2 is 2.18 bits per heavy atom. The van der Waals surface area contributed by atoms with E-state index in [1.54, 1.807) is 13.3 Å². The van der Waals surface area contributed by atoms with Crippen molar-refractivity contribution in [3.63, 3.8) is 0 Å². The van der Waals surface area contributed by atoms with Gasteiger partial charge in [-0.15, -0.1) is 0 Å². The SMILES string of the molecule is COCc1cccc(N2CCC(C(CC#N)n3cc(-c4ncnc5[nH]ccc45)cn3)C2)c1C#N. The van der Waals surface area contributed by atoms with Crippen molar-refractivity contribution >= 4 is 16.7 Å². The lowest BCUT2D eigenvalue weighted by Gasteiger charge is -2.24. The fourth-order valence-corrected chi connectivity index (χ4v) is 4.89. The van der Waals surface area contributed by atoms with E-state index >= 15 is 0 Å². The number of ether oxygens (including phenoxy) is 1. The smallest absolute Gasteiger partial charge is 0.141 e. The van der Waals surface area contributed by atoms with Crippen molar-refractivity contribution in [3.8, 4) is 23.4 Å². The van der Waals surface area contributed by atoms with E-state index in [0.29, 0.717) is 18.6 Å². The van der Waals surface area contributed by atoms with E-state index < -0.39 is 0 Å². The van der Waals surface area contributed by atoms with Crippen molar-refractivity contribution in [1.29, 1.82) is 10.5 Å². The van der Waals surface area contributed by atoms with Crippen LogP contribution in [0.3, 0.4) is 0 Å². The topological polar surface area (TPSA) is 119 Å². The monoisotopic (exact) mass is 452 g/mol. The van der Waals surface area contributed by atoms with Crippen LogP contribution in [0.2, 0.25) is 0 Å².